The molecule has 1 N–H and O–H groups in total. The van der Waals surface area contributed by atoms with Gasteiger partial charge in [0.2, 0.25) is 0 Å². The number of hydrogen-bond acceptors (Lipinski definition) is 5. The van der Waals surface area contributed by atoms with Gasteiger partial charge < -0.3 is 9.84 Å². The lowest BCUT2D eigenvalue weighted by Crippen LogP contribution is -2.17. The summed E-state index contributed by atoms with van der Waals surface area (Å²) in [6, 6.07) is 14.6. The second kappa shape index (κ2) is 7.94. The van der Waals surface area contributed by atoms with Gasteiger partial charge in [-0.3, -0.25) is 4.99 Å². The molecule has 0 radical (unpaired) electrons. The van der Waals surface area contributed by atoms with E-state index in [0.717, 1.165) is 35.5 Å². The van der Waals surface area contributed by atoms with Crippen molar-refractivity contribution in [1.82, 2.24) is 9.97 Å². The molecule has 2 aromatic carbocycles. The summed E-state index contributed by atoms with van der Waals surface area (Å²) in [6.07, 6.45) is 5.87. The maximum atomic E-state index is 9.29. The SMILES string of the molecule is CC=Nc1c(CC2CCC(CO)O2)ncnc1-c1ccc2ccccc2c1. The van der Waals surface area contributed by atoms with E-state index in [9.17, 15) is 5.11 Å². The number of hydrogen-bond donors (Lipinski definition) is 1. The van der Waals surface area contributed by atoms with Crippen LogP contribution in [0.3, 0.4) is 0 Å². The molecular formula is C22H23N3O2. The molecule has 5 heteroatoms. The predicted molar refractivity (Wildman–Crippen MR) is 107 cm³/mol. The van der Waals surface area contributed by atoms with Gasteiger partial charge in [0.1, 0.15) is 12.0 Å². The molecule has 0 amide bonds. The van der Waals surface area contributed by atoms with Crippen LogP contribution in [0.15, 0.2) is 53.8 Å². The van der Waals surface area contributed by atoms with Crippen LogP contribution >= 0.6 is 0 Å². The maximum absolute atomic E-state index is 9.29. The molecule has 4 rings (SSSR count). The zero-order valence-corrected chi connectivity index (χ0v) is 15.4. The number of ether oxygens (including phenoxy) is 1. The molecule has 1 aliphatic heterocycles. The first-order chi connectivity index (χ1) is 13.3. The number of aliphatic imine (C=N–C) groups is 1. The molecule has 0 aliphatic carbocycles. The molecule has 3 aromatic rings. The van der Waals surface area contributed by atoms with Crippen LogP contribution in [0.4, 0.5) is 5.69 Å². The lowest BCUT2D eigenvalue weighted by Gasteiger charge is -2.14. The Bertz CT molecular complexity index is 971. The van der Waals surface area contributed by atoms with Crippen molar-refractivity contribution in [2.45, 2.75) is 38.4 Å². The zero-order chi connectivity index (χ0) is 18.6. The van der Waals surface area contributed by atoms with Crippen LogP contribution in [0, 0.1) is 0 Å². The van der Waals surface area contributed by atoms with Crippen LogP contribution in [0.25, 0.3) is 22.0 Å². The molecule has 138 valence electrons. The second-order valence-electron chi connectivity index (χ2n) is 6.81. The Kier molecular flexibility index (Phi) is 5.23. The highest BCUT2D eigenvalue weighted by atomic mass is 16.5. The first-order valence-electron chi connectivity index (χ1n) is 9.36. The van der Waals surface area contributed by atoms with Gasteiger partial charge in [-0.2, -0.15) is 0 Å². The van der Waals surface area contributed by atoms with Crippen molar-refractivity contribution in [2.24, 2.45) is 4.99 Å². The monoisotopic (exact) mass is 361 g/mol. The van der Waals surface area contributed by atoms with Gasteiger partial charge >= 0.3 is 0 Å². The molecule has 0 bridgehead atoms. The fraction of sp³-hybridized carbons (Fsp3) is 0.318. The minimum absolute atomic E-state index is 0.0603. The van der Waals surface area contributed by atoms with Crippen molar-refractivity contribution in [2.75, 3.05) is 6.61 Å². The third-order valence-electron chi connectivity index (χ3n) is 5.00. The van der Waals surface area contributed by atoms with Crippen LogP contribution in [-0.4, -0.2) is 40.1 Å². The minimum Gasteiger partial charge on any atom is -0.394 e. The largest absolute Gasteiger partial charge is 0.394 e. The highest BCUT2D eigenvalue weighted by molar-refractivity contribution is 5.89. The van der Waals surface area contributed by atoms with E-state index in [1.165, 1.54) is 10.8 Å². The van der Waals surface area contributed by atoms with Gasteiger partial charge in [0, 0.05) is 18.2 Å². The van der Waals surface area contributed by atoms with E-state index < -0.39 is 0 Å². The Morgan fingerprint density at radius 2 is 1.93 bits per heavy atom. The first kappa shape index (κ1) is 17.8. The molecule has 2 atom stereocenters. The number of benzene rings is 2. The molecule has 1 fully saturated rings. The van der Waals surface area contributed by atoms with E-state index in [1.54, 1.807) is 12.5 Å². The number of aliphatic hydroxyl groups excluding tert-OH is 1. The highest BCUT2D eigenvalue weighted by Gasteiger charge is 2.26. The van der Waals surface area contributed by atoms with Crippen molar-refractivity contribution < 1.29 is 9.84 Å². The van der Waals surface area contributed by atoms with E-state index in [-0.39, 0.29) is 18.8 Å². The van der Waals surface area contributed by atoms with Gasteiger partial charge in [0.25, 0.3) is 0 Å². The summed E-state index contributed by atoms with van der Waals surface area (Å²) in [5.74, 6) is 0. The van der Waals surface area contributed by atoms with E-state index in [2.05, 4.69) is 45.3 Å². The molecule has 0 saturated carbocycles. The van der Waals surface area contributed by atoms with Crippen LogP contribution in [0.1, 0.15) is 25.5 Å². The van der Waals surface area contributed by atoms with Crippen LogP contribution in [0.5, 0.6) is 0 Å². The highest BCUT2D eigenvalue weighted by Crippen LogP contribution is 2.34. The molecule has 0 spiro atoms. The summed E-state index contributed by atoms with van der Waals surface area (Å²) in [6.45, 7) is 1.97. The first-order valence-corrected chi connectivity index (χ1v) is 9.36. The Morgan fingerprint density at radius 1 is 1.11 bits per heavy atom. The van der Waals surface area contributed by atoms with Gasteiger partial charge in [-0.1, -0.05) is 36.4 Å². The number of aliphatic hydroxyl groups is 1. The van der Waals surface area contributed by atoms with E-state index in [1.807, 2.05) is 19.1 Å². The van der Waals surface area contributed by atoms with Gasteiger partial charge in [-0.15, -0.1) is 0 Å². The number of nitrogens with zero attached hydrogens (tertiary/aromatic N) is 3. The van der Waals surface area contributed by atoms with Crippen molar-refractivity contribution >= 4 is 22.7 Å². The van der Waals surface area contributed by atoms with Crippen LogP contribution in [-0.2, 0) is 11.2 Å². The van der Waals surface area contributed by atoms with Gasteiger partial charge in [-0.05, 0) is 36.6 Å². The summed E-state index contributed by atoms with van der Waals surface area (Å²) in [5, 5.41) is 11.7. The smallest absolute Gasteiger partial charge is 0.116 e. The van der Waals surface area contributed by atoms with Crippen molar-refractivity contribution in [3.05, 3.63) is 54.5 Å². The number of rotatable bonds is 5. The summed E-state index contributed by atoms with van der Waals surface area (Å²) in [4.78, 5) is 13.6. The minimum atomic E-state index is -0.0603. The maximum Gasteiger partial charge on any atom is 0.116 e. The van der Waals surface area contributed by atoms with Gasteiger partial charge in [0.05, 0.1) is 30.2 Å². The van der Waals surface area contributed by atoms with Crippen LogP contribution in [0.2, 0.25) is 0 Å². The summed E-state index contributed by atoms with van der Waals surface area (Å²) in [5.41, 5.74) is 3.54. The summed E-state index contributed by atoms with van der Waals surface area (Å²) < 4.78 is 5.89. The van der Waals surface area contributed by atoms with Gasteiger partial charge in [-0.25, -0.2) is 9.97 Å². The Hall–Kier alpha value is -2.63. The predicted octanol–water partition coefficient (Wildman–Crippen LogP) is 4.10. The Morgan fingerprint density at radius 3 is 2.70 bits per heavy atom. The molecule has 5 nitrogen and oxygen atoms in total. The molecule has 1 aromatic heterocycles. The van der Waals surface area contributed by atoms with Crippen molar-refractivity contribution in [3.8, 4) is 11.3 Å². The fourth-order valence-corrected chi connectivity index (χ4v) is 3.66. The molecule has 27 heavy (non-hydrogen) atoms. The van der Waals surface area contributed by atoms with E-state index in [4.69, 9.17) is 4.74 Å². The molecule has 1 aliphatic rings. The lowest BCUT2D eigenvalue weighted by atomic mass is 10.0. The molecule has 1 saturated heterocycles. The molecule has 2 unspecified atom stereocenters. The van der Waals surface area contributed by atoms with E-state index in [0.29, 0.717) is 6.42 Å². The summed E-state index contributed by atoms with van der Waals surface area (Å²) >= 11 is 0. The van der Waals surface area contributed by atoms with Crippen molar-refractivity contribution in [3.63, 3.8) is 0 Å². The average molecular weight is 361 g/mol. The lowest BCUT2D eigenvalue weighted by molar-refractivity contribution is 0.0119. The topological polar surface area (TPSA) is 67.6 Å². The number of fused-ring (bicyclic) bond motifs is 1. The Labute approximate surface area is 158 Å². The third kappa shape index (κ3) is 3.75. The Balaban J connectivity index is 1.71. The quantitative estimate of drug-likeness (QED) is 0.695. The van der Waals surface area contributed by atoms with Crippen molar-refractivity contribution in [1.29, 1.82) is 0 Å². The third-order valence-corrected chi connectivity index (χ3v) is 5.00. The average Bonchev–Trinajstić information content (AvgIpc) is 3.17. The molecule has 2 heterocycles. The van der Waals surface area contributed by atoms with Crippen LogP contribution < -0.4 is 0 Å². The summed E-state index contributed by atoms with van der Waals surface area (Å²) in [7, 11) is 0. The fourth-order valence-electron chi connectivity index (χ4n) is 3.66. The molecular weight excluding hydrogens is 338 g/mol. The van der Waals surface area contributed by atoms with E-state index >= 15 is 0 Å². The number of aromatic nitrogens is 2. The zero-order valence-electron chi connectivity index (χ0n) is 15.4. The van der Waals surface area contributed by atoms with Gasteiger partial charge in [0.15, 0.2) is 0 Å². The second-order valence-corrected chi connectivity index (χ2v) is 6.81. The normalized spacial score (nSPS) is 19.9. The standard InChI is InChI=1S/C22H23N3O2/c1-2-23-22-20(12-18-9-10-19(13-26)27-18)24-14-25-21(22)17-8-7-15-5-3-4-6-16(15)11-17/h2-8,11,14,18-19,26H,9-10,12-13H2,1H3.